The Morgan fingerprint density at radius 3 is 1.85 bits per heavy atom. The zero-order valence-electron chi connectivity index (χ0n) is 29.8. The van der Waals surface area contributed by atoms with Gasteiger partial charge in [0.15, 0.2) is 16.9 Å². The van der Waals surface area contributed by atoms with E-state index in [0.29, 0.717) is 63.8 Å². The van der Waals surface area contributed by atoms with E-state index in [9.17, 15) is 9.59 Å². The number of H-pyrrole nitrogens is 2. The molecule has 14 heteroatoms. The van der Waals surface area contributed by atoms with Crippen LogP contribution < -0.4 is 25.7 Å². The molecule has 0 unspecified atom stereocenters. The molecular formula is C38H43ClN10O3. The number of methoxy groups -OCH3 is 1. The van der Waals surface area contributed by atoms with Crippen LogP contribution in [0.1, 0.15) is 54.5 Å². The molecule has 0 spiro atoms. The molecular weight excluding hydrogens is 680 g/mol. The summed E-state index contributed by atoms with van der Waals surface area (Å²) in [4.78, 5) is 58.1. The quantitative estimate of drug-likeness (QED) is 0.206. The van der Waals surface area contributed by atoms with Gasteiger partial charge in [0.05, 0.1) is 17.6 Å². The lowest BCUT2D eigenvalue weighted by Crippen LogP contribution is -2.19. The van der Waals surface area contributed by atoms with Gasteiger partial charge in [-0.3, -0.25) is 9.59 Å². The zero-order chi connectivity index (χ0) is 36.2. The lowest BCUT2D eigenvalue weighted by Gasteiger charge is -2.16. The highest BCUT2D eigenvalue weighted by Gasteiger charge is 2.17. The molecule has 0 bridgehead atoms. The molecule has 8 rings (SSSR count). The van der Waals surface area contributed by atoms with Crippen LogP contribution in [-0.2, 0) is 32.7 Å². The monoisotopic (exact) mass is 722 g/mol. The van der Waals surface area contributed by atoms with Crippen LogP contribution in [0.3, 0.4) is 0 Å². The molecule has 5 aromatic heterocycles. The van der Waals surface area contributed by atoms with E-state index in [0.717, 1.165) is 61.4 Å². The lowest BCUT2D eigenvalue weighted by atomic mass is 10.2. The summed E-state index contributed by atoms with van der Waals surface area (Å²) in [5.41, 5.74) is 3.25. The summed E-state index contributed by atoms with van der Waals surface area (Å²) in [5.74, 6) is 4.51. The number of anilines is 2. The number of ether oxygens (including phenoxy) is 1. The largest absolute Gasteiger partial charge is 0.494 e. The van der Waals surface area contributed by atoms with Gasteiger partial charge in [-0.05, 0) is 81.8 Å². The minimum absolute atomic E-state index is 0.137. The molecule has 2 aliphatic rings. The van der Waals surface area contributed by atoms with E-state index in [1.54, 1.807) is 16.7 Å². The molecule has 0 aliphatic carbocycles. The Morgan fingerprint density at radius 1 is 0.712 bits per heavy atom. The van der Waals surface area contributed by atoms with Crippen LogP contribution in [-0.4, -0.2) is 72.7 Å². The number of halogens is 1. The SMILES string of the molecule is COc1c(Cl)ccc2nc(CCc3cccc(N4CCCC4)n3)[nH]c(=O)c12.Cc1nc2nc(CCc3cccc(N4CCCC4)n3)[nH]c(=O)c2n1C. The van der Waals surface area contributed by atoms with Crippen molar-refractivity contribution in [1.29, 1.82) is 0 Å². The van der Waals surface area contributed by atoms with Gasteiger partial charge >= 0.3 is 0 Å². The fraction of sp³-hybridized carbons (Fsp3) is 0.395. The van der Waals surface area contributed by atoms with Gasteiger partial charge in [-0.2, -0.15) is 0 Å². The van der Waals surface area contributed by atoms with Crippen molar-refractivity contribution in [2.45, 2.75) is 58.3 Å². The molecule has 2 N–H and O–H groups in total. The van der Waals surface area contributed by atoms with E-state index in [4.69, 9.17) is 26.3 Å². The second-order valence-electron chi connectivity index (χ2n) is 13.3. The molecule has 52 heavy (non-hydrogen) atoms. The third kappa shape index (κ3) is 7.64. The Labute approximate surface area is 306 Å². The highest BCUT2D eigenvalue weighted by molar-refractivity contribution is 6.33. The van der Waals surface area contributed by atoms with Crippen LogP contribution in [0.5, 0.6) is 5.75 Å². The number of benzene rings is 1. The van der Waals surface area contributed by atoms with Crippen molar-refractivity contribution in [2.24, 2.45) is 7.05 Å². The van der Waals surface area contributed by atoms with Gasteiger partial charge in [-0.15, -0.1) is 0 Å². The molecule has 7 heterocycles. The van der Waals surface area contributed by atoms with Crippen LogP contribution >= 0.6 is 11.6 Å². The number of hydrogen-bond donors (Lipinski definition) is 2. The normalized spacial score (nSPS) is 14.3. The van der Waals surface area contributed by atoms with E-state index in [1.165, 1.54) is 32.8 Å². The summed E-state index contributed by atoms with van der Waals surface area (Å²) in [6.45, 7) is 6.18. The third-order valence-electron chi connectivity index (χ3n) is 9.73. The van der Waals surface area contributed by atoms with Crippen molar-refractivity contribution < 1.29 is 4.74 Å². The van der Waals surface area contributed by atoms with Crippen molar-refractivity contribution in [1.82, 2.24) is 39.5 Å². The summed E-state index contributed by atoms with van der Waals surface area (Å²) in [6.07, 6.45) is 7.61. The van der Waals surface area contributed by atoms with Gasteiger partial charge in [0.25, 0.3) is 11.1 Å². The maximum Gasteiger partial charge on any atom is 0.277 e. The van der Waals surface area contributed by atoms with E-state index >= 15 is 0 Å². The highest BCUT2D eigenvalue weighted by atomic mass is 35.5. The Kier molecular flexibility index (Phi) is 10.5. The number of aryl methyl sites for hydroxylation is 6. The van der Waals surface area contributed by atoms with E-state index < -0.39 is 0 Å². The number of nitrogens with one attached hydrogen (secondary N) is 2. The molecule has 2 fully saturated rings. The molecule has 2 saturated heterocycles. The fourth-order valence-electron chi connectivity index (χ4n) is 6.88. The van der Waals surface area contributed by atoms with Crippen molar-refractivity contribution >= 4 is 45.3 Å². The lowest BCUT2D eigenvalue weighted by molar-refractivity contribution is 0.419. The number of rotatable bonds is 9. The number of fused-ring (bicyclic) bond motifs is 2. The molecule has 0 radical (unpaired) electrons. The second-order valence-corrected chi connectivity index (χ2v) is 13.7. The van der Waals surface area contributed by atoms with Gasteiger partial charge in [0.2, 0.25) is 0 Å². The fourth-order valence-corrected chi connectivity index (χ4v) is 7.12. The van der Waals surface area contributed by atoms with Crippen LogP contribution in [0.4, 0.5) is 11.6 Å². The van der Waals surface area contributed by atoms with E-state index in [1.807, 2.05) is 32.2 Å². The van der Waals surface area contributed by atoms with Crippen LogP contribution in [0.25, 0.3) is 22.1 Å². The first-order valence-electron chi connectivity index (χ1n) is 17.9. The summed E-state index contributed by atoms with van der Waals surface area (Å²) in [6, 6.07) is 15.7. The van der Waals surface area contributed by atoms with Gasteiger partial charge < -0.3 is 29.1 Å². The minimum Gasteiger partial charge on any atom is -0.494 e. The predicted molar refractivity (Wildman–Crippen MR) is 204 cm³/mol. The molecule has 2 aliphatic heterocycles. The van der Waals surface area contributed by atoms with E-state index in [2.05, 4.69) is 52.9 Å². The molecule has 13 nitrogen and oxygen atoms in total. The van der Waals surface area contributed by atoms with Crippen LogP contribution in [0, 0.1) is 6.92 Å². The Balaban J connectivity index is 0.000000162. The van der Waals surface area contributed by atoms with Gasteiger partial charge in [0, 0.05) is 57.5 Å². The number of pyridine rings is 2. The summed E-state index contributed by atoms with van der Waals surface area (Å²) in [7, 11) is 3.32. The zero-order valence-corrected chi connectivity index (χ0v) is 30.5. The number of hydrogen-bond acceptors (Lipinski definition) is 10. The topological polar surface area (TPSA) is 151 Å². The third-order valence-corrected chi connectivity index (χ3v) is 10.0. The molecule has 6 aromatic rings. The maximum atomic E-state index is 12.5. The van der Waals surface area contributed by atoms with Gasteiger partial charge in [-0.25, -0.2) is 24.9 Å². The summed E-state index contributed by atoms with van der Waals surface area (Å²) < 4.78 is 7.03. The number of nitrogens with zero attached hydrogens (tertiary/aromatic N) is 8. The van der Waals surface area contributed by atoms with E-state index in [-0.39, 0.29) is 11.1 Å². The number of imidazole rings is 1. The smallest absolute Gasteiger partial charge is 0.277 e. The highest BCUT2D eigenvalue weighted by Crippen LogP contribution is 2.30. The average molecular weight is 723 g/mol. The minimum atomic E-state index is -0.242. The number of aromatic nitrogens is 8. The second kappa shape index (κ2) is 15.5. The molecule has 0 amide bonds. The van der Waals surface area contributed by atoms with Crippen LogP contribution in [0.15, 0.2) is 58.1 Å². The van der Waals surface area contributed by atoms with Crippen molar-refractivity contribution in [3.63, 3.8) is 0 Å². The molecule has 1 aromatic carbocycles. The summed E-state index contributed by atoms with van der Waals surface area (Å²) >= 11 is 6.11. The standard InChI is InChI=1S/C20H21ClN4O2.C18H22N6O/c1-27-19-14(21)8-9-15-18(19)20(26)24-16(23-15)10-7-13-5-4-6-17(22-13)25-11-2-3-12-25;1-12-19-17-16(23(12)2)18(25)22-14(21-17)9-8-13-6-5-7-15(20-13)24-10-3-4-11-24/h4-6,8-9H,2-3,7,10-12H2,1H3,(H,23,24,26);5-7H,3-4,8-11H2,1-2H3,(H,21,22,25). The Hall–Kier alpha value is -5.30. The molecule has 270 valence electrons. The Bertz CT molecular complexity index is 2320. The Morgan fingerprint density at radius 2 is 1.27 bits per heavy atom. The number of aromatic amines is 2. The van der Waals surface area contributed by atoms with Crippen LogP contribution in [0.2, 0.25) is 5.02 Å². The predicted octanol–water partition coefficient (Wildman–Crippen LogP) is 5.11. The first kappa shape index (κ1) is 35.1. The maximum absolute atomic E-state index is 12.5. The first-order valence-corrected chi connectivity index (χ1v) is 18.2. The van der Waals surface area contributed by atoms with Crippen molar-refractivity contribution in [3.05, 3.63) is 103 Å². The van der Waals surface area contributed by atoms with Gasteiger partial charge in [0.1, 0.15) is 34.5 Å². The van der Waals surface area contributed by atoms with Crippen molar-refractivity contribution in [3.8, 4) is 5.75 Å². The molecule has 0 atom stereocenters. The summed E-state index contributed by atoms with van der Waals surface area (Å²) in [5, 5.41) is 0.774. The average Bonchev–Trinajstić information content (AvgIpc) is 3.94. The van der Waals surface area contributed by atoms with Gasteiger partial charge in [-0.1, -0.05) is 23.7 Å². The molecule has 0 saturated carbocycles. The van der Waals surface area contributed by atoms with Crippen molar-refractivity contribution in [2.75, 3.05) is 43.1 Å². The first-order chi connectivity index (χ1) is 25.3.